The Bertz CT molecular complexity index is 371. The van der Waals surface area contributed by atoms with E-state index in [9.17, 15) is 10.0 Å². The fraction of sp³-hybridized carbons (Fsp3) is 0.615. The molecule has 0 spiro atoms. The van der Waals surface area contributed by atoms with E-state index in [-0.39, 0.29) is 10.8 Å². The zero-order valence-electron chi connectivity index (χ0n) is 11.6. The van der Waals surface area contributed by atoms with Crippen molar-refractivity contribution in [3.05, 3.63) is 23.5 Å². The van der Waals surface area contributed by atoms with E-state index in [0.717, 1.165) is 11.4 Å². The predicted molar refractivity (Wildman–Crippen MR) is 71.5 cm³/mol. The quantitative estimate of drug-likeness (QED) is 0.722. The van der Waals surface area contributed by atoms with Crippen LogP contribution < -0.4 is 5.46 Å². The van der Waals surface area contributed by atoms with Crippen molar-refractivity contribution in [3.63, 3.8) is 0 Å². The van der Waals surface area contributed by atoms with Crippen LogP contribution in [0.4, 0.5) is 0 Å². The normalized spacial score (nSPS) is 12.7. The van der Waals surface area contributed by atoms with Gasteiger partial charge in [-0.1, -0.05) is 41.5 Å². The first-order chi connectivity index (χ1) is 7.51. The summed E-state index contributed by atoms with van der Waals surface area (Å²) < 4.78 is 0. The van der Waals surface area contributed by atoms with E-state index in [1.807, 2.05) is 0 Å². The Kier molecular flexibility index (Phi) is 3.70. The van der Waals surface area contributed by atoms with Crippen molar-refractivity contribution in [3.8, 4) is 0 Å². The van der Waals surface area contributed by atoms with Crippen LogP contribution >= 0.6 is 0 Å². The minimum atomic E-state index is -1.44. The minimum absolute atomic E-state index is 0.106. The molecule has 0 unspecified atom stereocenters. The lowest BCUT2D eigenvalue weighted by Crippen LogP contribution is -2.34. The van der Waals surface area contributed by atoms with Crippen LogP contribution in [0.5, 0.6) is 0 Å². The second-order valence-corrected chi connectivity index (χ2v) is 6.54. The standard InChI is InChI=1S/C13H22BNO2/c1-12(2,3)10-7-9(14(16)17)8-11(15-10)13(4,5)6/h7-8,16-17H,1-6H3. The Labute approximate surface area is 104 Å². The molecule has 0 saturated heterocycles. The molecule has 0 aromatic carbocycles. The van der Waals surface area contributed by atoms with Gasteiger partial charge in [0.15, 0.2) is 0 Å². The van der Waals surface area contributed by atoms with Crippen LogP contribution in [0.15, 0.2) is 12.1 Å². The van der Waals surface area contributed by atoms with E-state index in [1.54, 1.807) is 12.1 Å². The van der Waals surface area contributed by atoms with Gasteiger partial charge in [-0.15, -0.1) is 0 Å². The molecular weight excluding hydrogens is 213 g/mol. The largest absolute Gasteiger partial charge is 0.488 e. The van der Waals surface area contributed by atoms with Gasteiger partial charge in [0.1, 0.15) is 0 Å². The van der Waals surface area contributed by atoms with E-state index < -0.39 is 7.12 Å². The highest BCUT2D eigenvalue weighted by atomic mass is 16.4. The SMILES string of the molecule is CC(C)(C)c1cc(B(O)O)cc(C(C)(C)C)n1. The summed E-state index contributed by atoms with van der Waals surface area (Å²) in [6, 6.07) is 3.53. The van der Waals surface area contributed by atoms with Crippen molar-refractivity contribution < 1.29 is 10.0 Å². The summed E-state index contributed by atoms with van der Waals surface area (Å²) in [5.74, 6) is 0. The van der Waals surface area contributed by atoms with E-state index in [1.165, 1.54) is 0 Å². The van der Waals surface area contributed by atoms with Gasteiger partial charge in [0.25, 0.3) is 0 Å². The molecule has 0 aliphatic heterocycles. The third-order valence-electron chi connectivity index (χ3n) is 2.68. The van der Waals surface area contributed by atoms with E-state index >= 15 is 0 Å². The molecule has 0 saturated carbocycles. The van der Waals surface area contributed by atoms with Crippen LogP contribution in [0.2, 0.25) is 0 Å². The van der Waals surface area contributed by atoms with Gasteiger partial charge in [-0.2, -0.15) is 0 Å². The van der Waals surface area contributed by atoms with Gasteiger partial charge in [0.2, 0.25) is 0 Å². The maximum atomic E-state index is 9.33. The molecule has 0 fully saturated rings. The highest BCUT2D eigenvalue weighted by molar-refractivity contribution is 6.58. The number of rotatable bonds is 1. The molecule has 2 N–H and O–H groups in total. The second kappa shape index (κ2) is 4.43. The van der Waals surface area contributed by atoms with Gasteiger partial charge >= 0.3 is 7.12 Å². The fourth-order valence-corrected chi connectivity index (χ4v) is 1.47. The molecule has 94 valence electrons. The van der Waals surface area contributed by atoms with Crippen LogP contribution in [0.1, 0.15) is 52.9 Å². The fourth-order valence-electron chi connectivity index (χ4n) is 1.47. The number of hydrogen-bond acceptors (Lipinski definition) is 3. The molecule has 1 aromatic rings. The zero-order chi connectivity index (χ0) is 13.4. The minimum Gasteiger partial charge on any atom is -0.423 e. The maximum Gasteiger partial charge on any atom is 0.488 e. The summed E-state index contributed by atoms with van der Waals surface area (Å²) in [4.78, 5) is 4.64. The lowest BCUT2D eigenvalue weighted by Gasteiger charge is -2.24. The van der Waals surface area contributed by atoms with Crippen molar-refractivity contribution in [1.29, 1.82) is 0 Å². The summed E-state index contributed by atoms with van der Waals surface area (Å²) in [6.07, 6.45) is 0. The highest BCUT2D eigenvalue weighted by Gasteiger charge is 2.24. The monoisotopic (exact) mass is 235 g/mol. The van der Waals surface area contributed by atoms with E-state index in [4.69, 9.17) is 0 Å². The first-order valence-electron chi connectivity index (χ1n) is 5.91. The van der Waals surface area contributed by atoms with Crippen molar-refractivity contribution in [2.45, 2.75) is 52.4 Å². The van der Waals surface area contributed by atoms with E-state index in [2.05, 4.69) is 46.5 Å². The molecule has 1 rings (SSSR count). The maximum absolute atomic E-state index is 9.33. The van der Waals surface area contributed by atoms with Crippen molar-refractivity contribution >= 4 is 12.6 Å². The number of pyridine rings is 1. The topological polar surface area (TPSA) is 53.4 Å². The Morgan fingerprint density at radius 2 is 1.24 bits per heavy atom. The van der Waals surface area contributed by atoms with Gasteiger partial charge in [0, 0.05) is 22.2 Å². The zero-order valence-corrected chi connectivity index (χ0v) is 11.6. The van der Waals surface area contributed by atoms with Crippen molar-refractivity contribution in [2.24, 2.45) is 0 Å². The molecule has 1 heterocycles. The molecule has 1 aromatic heterocycles. The van der Waals surface area contributed by atoms with Crippen LogP contribution in [-0.2, 0) is 10.8 Å². The Hall–Kier alpha value is -0.865. The van der Waals surface area contributed by atoms with Crippen LogP contribution in [0.3, 0.4) is 0 Å². The summed E-state index contributed by atoms with van der Waals surface area (Å²) in [6.45, 7) is 12.4. The van der Waals surface area contributed by atoms with Gasteiger partial charge in [-0.3, -0.25) is 4.98 Å². The van der Waals surface area contributed by atoms with Gasteiger partial charge in [0.05, 0.1) is 0 Å². The third kappa shape index (κ3) is 3.55. The van der Waals surface area contributed by atoms with E-state index in [0.29, 0.717) is 5.46 Å². The molecule has 3 nitrogen and oxygen atoms in total. The Morgan fingerprint density at radius 1 is 0.882 bits per heavy atom. The number of hydrogen-bond donors (Lipinski definition) is 2. The first kappa shape index (κ1) is 14.2. The molecule has 4 heteroatoms. The molecular formula is C13H22BNO2. The lowest BCUT2D eigenvalue weighted by molar-refractivity contribution is 0.425. The summed E-state index contributed by atoms with van der Waals surface area (Å²) in [5, 5.41) is 18.7. The number of nitrogens with zero attached hydrogens (tertiary/aromatic N) is 1. The van der Waals surface area contributed by atoms with Crippen molar-refractivity contribution in [1.82, 2.24) is 4.98 Å². The summed E-state index contributed by atoms with van der Waals surface area (Å²) in [5.41, 5.74) is 2.06. The molecule has 0 radical (unpaired) electrons. The van der Waals surface area contributed by atoms with Crippen molar-refractivity contribution in [2.75, 3.05) is 0 Å². The smallest absolute Gasteiger partial charge is 0.423 e. The molecule has 0 aliphatic rings. The van der Waals surface area contributed by atoms with Crippen LogP contribution in [0, 0.1) is 0 Å². The molecule has 17 heavy (non-hydrogen) atoms. The molecule has 0 aliphatic carbocycles. The lowest BCUT2D eigenvalue weighted by atomic mass is 9.76. The number of aromatic nitrogens is 1. The van der Waals surface area contributed by atoms with Crippen LogP contribution in [-0.4, -0.2) is 22.2 Å². The van der Waals surface area contributed by atoms with Crippen LogP contribution in [0.25, 0.3) is 0 Å². The van der Waals surface area contributed by atoms with Gasteiger partial charge in [-0.05, 0) is 17.6 Å². The summed E-state index contributed by atoms with van der Waals surface area (Å²) >= 11 is 0. The highest BCUT2D eigenvalue weighted by Crippen LogP contribution is 2.24. The predicted octanol–water partition coefficient (Wildman–Crippen LogP) is 1.36. The second-order valence-electron chi connectivity index (χ2n) is 6.54. The Morgan fingerprint density at radius 3 is 1.47 bits per heavy atom. The molecule has 0 bridgehead atoms. The molecule has 0 atom stereocenters. The average Bonchev–Trinajstić information content (AvgIpc) is 2.14. The van der Waals surface area contributed by atoms with Gasteiger partial charge < -0.3 is 10.0 Å². The third-order valence-corrected chi connectivity index (χ3v) is 2.68. The van der Waals surface area contributed by atoms with Gasteiger partial charge in [-0.25, -0.2) is 0 Å². The molecule has 0 amide bonds. The first-order valence-corrected chi connectivity index (χ1v) is 5.91. The average molecular weight is 235 g/mol. The Balaban J connectivity index is 3.40. The summed E-state index contributed by atoms with van der Waals surface area (Å²) in [7, 11) is -1.44.